The zero-order valence-corrected chi connectivity index (χ0v) is 11.2. The molecule has 2 fully saturated rings. The van der Waals surface area contributed by atoms with Crippen molar-refractivity contribution in [1.82, 2.24) is 5.32 Å². The first-order chi connectivity index (χ1) is 9.26. The Morgan fingerprint density at radius 2 is 2.37 bits per heavy atom. The Morgan fingerprint density at radius 1 is 1.47 bits per heavy atom. The van der Waals surface area contributed by atoms with Crippen molar-refractivity contribution in [2.24, 2.45) is 0 Å². The molecule has 4 unspecified atom stereocenters. The van der Waals surface area contributed by atoms with Gasteiger partial charge in [0.25, 0.3) is 0 Å². The standard InChI is InChI=1S/C15H21NO3/c1-18-11-4-2-3-10(7-11)14(17)9-16-13-8-12-5-6-15(13)19-12/h2-4,7,12-17H,5-6,8-9H2,1H3. The van der Waals surface area contributed by atoms with Gasteiger partial charge in [0, 0.05) is 12.6 Å². The van der Waals surface area contributed by atoms with Crippen LogP contribution < -0.4 is 10.1 Å². The van der Waals surface area contributed by atoms with Gasteiger partial charge in [0.15, 0.2) is 0 Å². The van der Waals surface area contributed by atoms with E-state index >= 15 is 0 Å². The number of aliphatic hydroxyl groups is 1. The molecule has 1 aromatic carbocycles. The third-order valence-electron chi connectivity index (χ3n) is 4.16. The van der Waals surface area contributed by atoms with Crippen molar-refractivity contribution in [3.63, 3.8) is 0 Å². The van der Waals surface area contributed by atoms with Crippen LogP contribution in [-0.2, 0) is 4.74 Å². The average molecular weight is 263 g/mol. The minimum Gasteiger partial charge on any atom is -0.497 e. The Labute approximate surface area is 113 Å². The fraction of sp³-hybridized carbons (Fsp3) is 0.600. The number of methoxy groups -OCH3 is 1. The Morgan fingerprint density at radius 3 is 3.05 bits per heavy atom. The molecule has 0 aromatic heterocycles. The number of rotatable bonds is 5. The van der Waals surface area contributed by atoms with Gasteiger partial charge in [-0.2, -0.15) is 0 Å². The molecular formula is C15H21NO3. The number of ether oxygens (including phenoxy) is 2. The number of hydrogen-bond donors (Lipinski definition) is 2. The van der Waals surface area contributed by atoms with Crippen LogP contribution in [0.1, 0.15) is 30.9 Å². The molecule has 2 bridgehead atoms. The van der Waals surface area contributed by atoms with Crippen molar-refractivity contribution < 1.29 is 14.6 Å². The highest BCUT2D eigenvalue weighted by molar-refractivity contribution is 5.29. The molecule has 4 heteroatoms. The Bertz CT molecular complexity index is 437. The van der Waals surface area contributed by atoms with Gasteiger partial charge in [0.05, 0.1) is 25.4 Å². The quantitative estimate of drug-likeness (QED) is 0.848. The highest BCUT2D eigenvalue weighted by atomic mass is 16.5. The summed E-state index contributed by atoms with van der Waals surface area (Å²) in [5.41, 5.74) is 0.885. The normalized spacial score (nSPS) is 30.5. The molecule has 4 nitrogen and oxygen atoms in total. The second-order valence-corrected chi connectivity index (χ2v) is 5.42. The first kappa shape index (κ1) is 12.9. The van der Waals surface area contributed by atoms with Crippen molar-refractivity contribution in [1.29, 1.82) is 0 Å². The van der Waals surface area contributed by atoms with E-state index in [1.807, 2.05) is 24.3 Å². The lowest BCUT2D eigenvalue weighted by molar-refractivity contribution is 0.0942. The minimum atomic E-state index is -0.505. The zero-order chi connectivity index (χ0) is 13.2. The van der Waals surface area contributed by atoms with Gasteiger partial charge in [-0.3, -0.25) is 0 Å². The molecule has 3 rings (SSSR count). The molecule has 0 saturated carbocycles. The number of benzene rings is 1. The summed E-state index contributed by atoms with van der Waals surface area (Å²) in [5.74, 6) is 0.778. The van der Waals surface area contributed by atoms with Gasteiger partial charge < -0.3 is 19.9 Å². The van der Waals surface area contributed by atoms with E-state index in [-0.39, 0.29) is 0 Å². The lowest BCUT2D eigenvalue weighted by Gasteiger charge is -2.22. The molecule has 0 radical (unpaired) electrons. The van der Waals surface area contributed by atoms with Crippen molar-refractivity contribution in [2.45, 2.75) is 43.6 Å². The lowest BCUT2D eigenvalue weighted by Crippen LogP contribution is -2.39. The molecule has 0 amide bonds. The van der Waals surface area contributed by atoms with E-state index in [1.165, 1.54) is 6.42 Å². The highest BCUT2D eigenvalue weighted by Gasteiger charge is 2.40. The molecule has 104 valence electrons. The van der Waals surface area contributed by atoms with Gasteiger partial charge in [-0.15, -0.1) is 0 Å². The summed E-state index contributed by atoms with van der Waals surface area (Å²) >= 11 is 0. The first-order valence-corrected chi connectivity index (χ1v) is 6.97. The van der Waals surface area contributed by atoms with Crippen molar-refractivity contribution >= 4 is 0 Å². The van der Waals surface area contributed by atoms with E-state index in [0.29, 0.717) is 24.8 Å². The monoisotopic (exact) mass is 263 g/mol. The smallest absolute Gasteiger partial charge is 0.119 e. The lowest BCUT2D eigenvalue weighted by atomic mass is 9.95. The van der Waals surface area contributed by atoms with Gasteiger partial charge in [-0.25, -0.2) is 0 Å². The van der Waals surface area contributed by atoms with Crippen molar-refractivity contribution in [2.75, 3.05) is 13.7 Å². The number of nitrogens with one attached hydrogen (secondary N) is 1. The molecule has 1 aromatic rings. The van der Waals surface area contributed by atoms with Gasteiger partial charge in [0.1, 0.15) is 5.75 Å². The predicted molar refractivity (Wildman–Crippen MR) is 72.3 cm³/mol. The van der Waals surface area contributed by atoms with E-state index < -0.39 is 6.10 Å². The third kappa shape index (κ3) is 2.76. The van der Waals surface area contributed by atoms with Crippen LogP contribution in [0.25, 0.3) is 0 Å². The number of aliphatic hydroxyl groups excluding tert-OH is 1. The summed E-state index contributed by atoms with van der Waals surface area (Å²) in [6.45, 7) is 0.560. The second-order valence-electron chi connectivity index (χ2n) is 5.42. The summed E-state index contributed by atoms with van der Waals surface area (Å²) in [6.07, 6.45) is 3.71. The van der Waals surface area contributed by atoms with E-state index in [9.17, 15) is 5.11 Å². The molecule has 0 spiro atoms. The minimum absolute atomic E-state index is 0.350. The van der Waals surface area contributed by atoms with Crippen LogP contribution in [0, 0.1) is 0 Å². The maximum Gasteiger partial charge on any atom is 0.119 e. The van der Waals surface area contributed by atoms with E-state index in [4.69, 9.17) is 9.47 Å². The van der Waals surface area contributed by atoms with Crippen LogP contribution in [-0.4, -0.2) is 37.0 Å². The summed E-state index contributed by atoms with van der Waals surface area (Å²) in [5, 5.41) is 13.6. The van der Waals surface area contributed by atoms with Crippen LogP contribution >= 0.6 is 0 Å². The summed E-state index contributed by atoms with van der Waals surface area (Å²) in [4.78, 5) is 0. The molecule has 2 N–H and O–H groups in total. The van der Waals surface area contributed by atoms with Crippen LogP contribution in [0.5, 0.6) is 5.75 Å². The number of fused-ring (bicyclic) bond motifs is 2. The number of hydrogen-bond acceptors (Lipinski definition) is 4. The largest absolute Gasteiger partial charge is 0.497 e. The maximum absolute atomic E-state index is 10.2. The first-order valence-electron chi connectivity index (χ1n) is 6.97. The fourth-order valence-electron chi connectivity index (χ4n) is 3.08. The van der Waals surface area contributed by atoms with E-state index in [1.54, 1.807) is 7.11 Å². The molecule has 4 atom stereocenters. The molecular weight excluding hydrogens is 242 g/mol. The Balaban J connectivity index is 1.54. The molecule has 19 heavy (non-hydrogen) atoms. The van der Waals surface area contributed by atoms with Crippen LogP contribution in [0.2, 0.25) is 0 Å². The molecule has 2 aliphatic heterocycles. The van der Waals surface area contributed by atoms with E-state index in [0.717, 1.165) is 24.2 Å². The zero-order valence-electron chi connectivity index (χ0n) is 11.2. The van der Waals surface area contributed by atoms with Crippen LogP contribution in [0.15, 0.2) is 24.3 Å². The van der Waals surface area contributed by atoms with Gasteiger partial charge in [-0.1, -0.05) is 12.1 Å². The van der Waals surface area contributed by atoms with Gasteiger partial charge in [-0.05, 0) is 37.0 Å². The SMILES string of the molecule is COc1cccc(C(O)CNC2CC3CCC2O3)c1. The second kappa shape index (κ2) is 5.49. The molecule has 2 saturated heterocycles. The third-order valence-corrected chi connectivity index (χ3v) is 4.16. The Hall–Kier alpha value is -1.10. The van der Waals surface area contributed by atoms with Crippen LogP contribution in [0.4, 0.5) is 0 Å². The summed E-state index contributed by atoms with van der Waals surface area (Å²) in [7, 11) is 1.64. The maximum atomic E-state index is 10.2. The average Bonchev–Trinajstić information content (AvgIpc) is 3.07. The van der Waals surface area contributed by atoms with Crippen molar-refractivity contribution in [3.8, 4) is 5.75 Å². The topological polar surface area (TPSA) is 50.7 Å². The Kier molecular flexibility index (Phi) is 3.73. The summed E-state index contributed by atoms with van der Waals surface area (Å²) < 4.78 is 11.0. The molecule has 2 heterocycles. The van der Waals surface area contributed by atoms with Gasteiger partial charge >= 0.3 is 0 Å². The fourth-order valence-corrected chi connectivity index (χ4v) is 3.08. The molecule has 2 aliphatic rings. The van der Waals surface area contributed by atoms with E-state index in [2.05, 4.69) is 5.32 Å². The summed E-state index contributed by atoms with van der Waals surface area (Å²) in [6, 6.07) is 7.99. The van der Waals surface area contributed by atoms with Gasteiger partial charge in [0.2, 0.25) is 0 Å². The molecule has 0 aliphatic carbocycles. The predicted octanol–water partition coefficient (Wildman–Crippen LogP) is 1.64. The van der Waals surface area contributed by atoms with Crippen LogP contribution in [0.3, 0.4) is 0 Å². The highest BCUT2D eigenvalue weighted by Crippen LogP contribution is 2.34. The van der Waals surface area contributed by atoms with Crippen molar-refractivity contribution in [3.05, 3.63) is 29.8 Å².